The number of hydrogen-bond donors (Lipinski definition) is 0. The number of aryl methyl sites for hydroxylation is 1. The smallest absolute Gasteiger partial charge is 0.135 e. The molecule has 0 radical (unpaired) electrons. The van der Waals surface area contributed by atoms with Crippen molar-refractivity contribution in [2.45, 2.75) is 13.8 Å². The summed E-state index contributed by atoms with van der Waals surface area (Å²) in [7, 11) is 1.59. The van der Waals surface area contributed by atoms with Crippen molar-refractivity contribution in [3.63, 3.8) is 0 Å². The first kappa shape index (κ1) is 14.0. The zero-order valence-corrected chi connectivity index (χ0v) is 11.9. The molecular formula is C17H18O3. The minimum atomic E-state index is 0.687. The molecule has 20 heavy (non-hydrogen) atoms. The van der Waals surface area contributed by atoms with Gasteiger partial charge in [0.25, 0.3) is 0 Å². The fraction of sp³-hybridized carbons (Fsp3) is 0.176. The summed E-state index contributed by atoms with van der Waals surface area (Å²) in [6.07, 6.45) is 1.56. The number of methoxy groups -OCH3 is 1. The summed E-state index contributed by atoms with van der Waals surface area (Å²) in [5, 5.41) is 0. The van der Waals surface area contributed by atoms with Gasteiger partial charge in [-0.1, -0.05) is 24.3 Å². The van der Waals surface area contributed by atoms with Crippen LogP contribution >= 0.6 is 0 Å². The molecule has 0 unspecified atom stereocenters. The first-order valence-corrected chi connectivity index (χ1v) is 6.40. The minimum Gasteiger partial charge on any atom is -0.501 e. The lowest BCUT2D eigenvalue weighted by Gasteiger charge is -2.11. The van der Waals surface area contributed by atoms with Gasteiger partial charge in [-0.25, -0.2) is 0 Å². The van der Waals surface area contributed by atoms with Crippen LogP contribution in [0, 0.1) is 6.92 Å². The van der Waals surface area contributed by atoms with E-state index in [0.717, 1.165) is 22.8 Å². The molecule has 0 aliphatic heterocycles. The SMILES string of the molecule is CO/C=C(\C)Oc1cc(Oc2ccccc2)ccc1C. The second-order valence-electron chi connectivity index (χ2n) is 4.41. The molecule has 2 rings (SSSR count). The van der Waals surface area contributed by atoms with Crippen molar-refractivity contribution in [1.29, 1.82) is 0 Å². The molecule has 3 heteroatoms. The van der Waals surface area contributed by atoms with Crippen molar-refractivity contribution in [3.8, 4) is 17.2 Å². The molecule has 0 amide bonds. The lowest BCUT2D eigenvalue weighted by Crippen LogP contribution is -1.94. The first-order chi connectivity index (χ1) is 9.69. The molecular weight excluding hydrogens is 252 g/mol. The van der Waals surface area contributed by atoms with Gasteiger partial charge in [-0.15, -0.1) is 0 Å². The molecule has 0 N–H and O–H groups in total. The van der Waals surface area contributed by atoms with Crippen LogP contribution in [0.25, 0.3) is 0 Å². The fourth-order valence-electron chi connectivity index (χ4n) is 1.74. The van der Waals surface area contributed by atoms with E-state index in [-0.39, 0.29) is 0 Å². The van der Waals surface area contributed by atoms with E-state index in [9.17, 15) is 0 Å². The Morgan fingerprint density at radius 3 is 2.45 bits per heavy atom. The summed E-state index contributed by atoms with van der Waals surface area (Å²) >= 11 is 0. The lowest BCUT2D eigenvalue weighted by atomic mass is 10.2. The molecule has 0 aliphatic rings. The monoisotopic (exact) mass is 270 g/mol. The van der Waals surface area contributed by atoms with Crippen LogP contribution in [-0.2, 0) is 4.74 Å². The average Bonchev–Trinajstić information content (AvgIpc) is 2.44. The van der Waals surface area contributed by atoms with E-state index >= 15 is 0 Å². The lowest BCUT2D eigenvalue weighted by molar-refractivity contribution is 0.303. The van der Waals surface area contributed by atoms with Crippen LogP contribution in [0.1, 0.15) is 12.5 Å². The maximum Gasteiger partial charge on any atom is 0.135 e. The molecule has 3 nitrogen and oxygen atoms in total. The van der Waals surface area contributed by atoms with E-state index in [1.165, 1.54) is 0 Å². The predicted octanol–water partition coefficient (Wildman–Crippen LogP) is 4.67. The van der Waals surface area contributed by atoms with E-state index in [1.807, 2.05) is 62.4 Å². The van der Waals surface area contributed by atoms with Crippen LogP contribution in [0.2, 0.25) is 0 Å². The normalized spacial score (nSPS) is 11.1. The van der Waals surface area contributed by atoms with Gasteiger partial charge in [0.2, 0.25) is 0 Å². The highest BCUT2D eigenvalue weighted by molar-refractivity contribution is 5.42. The Kier molecular flexibility index (Phi) is 4.66. The highest BCUT2D eigenvalue weighted by Gasteiger charge is 2.05. The van der Waals surface area contributed by atoms with Crippen molar-refractivity contribution in [1.82, 2.24) is 0 Å². The Morgan fingerprint density at radius 2 is 1.75 bits per heavy atom. The summed E-state index contributed by atoms with van der Waals surface area (Å²) in [6.45, 7) is 3.83. The molecule has 0 bridgehead atoms. The molecule has 0 spiro atoms. The Morgan fingerprint density at radius 1 is 1.00 bits per heavy atom. The summed E-state index contributed by atoms with van der Waals surface area (Å²) in [5.74, 6) is 2.98. The molecule has 0 fully saturated rings. The molecule has 2 aromatic carbocycles. The van der Waals surface area contributed by atoms with Crippen molar-refractivity contribution in [2.75, 3.05) is 7.11 Å². The molecule has 0 saturated heterocycles. The van der Waals surface area contributed by atoms with E-state index in [0.29, 0.717) is 5.76 Å². The number of hydrogen-bond acceptors (Lipinski definition) is 3. The van der Waals surface area contributed by atoms with Crippen LogP contribution in [0.5, 0.6) is 17.2 Å². The molecule has 104 valence electrons. The first-order valence-electron chi connectivity index (χ1n) is 6.40. The standard InChI is InChI=1S/C17H18O3/c1-13-9-10-16(20-15-7-5-4-6-8-15)11-17(13)19-14(2)12-18-3/h4-12H,1-3H3/b14-12+. The van der Waals surface area contributed by atoms with Gasteiger partial charge in [-0.2, -0.15) is 0 Å². The van der Waals surface area contributed by atoms with Crippen LogP contribution in [0.4, 0.5) is 0 Å². The topological polar surface area (TPSA) is 27.7 Å². The van der Waals surface area contributed by atoms with Crippen molar-refractivity contribution in [2.24, 2.45) is 0 Å². The minimum absolute atomic E-state index is 0.687. The second kappa shape index (κ2) is 6.66. The summed E-state index contributed by atoms with van der Waals surface area (Å²) in [4.78, 5) is 0. The van der Waals surface area contributed by atoms with Gasteiger partial charge >= 0.3 is 0 Å². The third-order valence-corrected chi connectivity index (χ3v) is 2.69. The number of rotatable bonds is 5. The van der Waals surface area contributed by atoms with Crippen molar-refractivity contribution in [3.05, 3.63) is 66.1 Å². The molecule has 0 saturated carbocycles. The van der Waals surface area contributed by atoms with Crippen molar-refractivity contribution < 1.29 is 14.2 Å². The fourth-order valence-corrected chi connectivity index (χ4v) is 1.74. The number of ether oxygens (including phenoxy) is 3. The van der Waals surface area contributed by atoms with Gasteiger partial charge in [-0.05, 0) is 37.6 Å². The molecule has 0 atom stereocenters. The Labute approximate surface area is 119 Å². The van der Waals surface area contributed by atoms with E-state index in [1.54, 1.807) is 13.4 Å². The summed E-state index contributed by atoms with van der Waals surface area (Å²) < 4.78 is 16.4. The Balaban J connectivity index is 2.18. The van der Waals surface area contributed by atoms with E-state index in [2.05, 4.69) is 0 Å². The zero-order valence-electron chi connectivity index (χ0n) is 11.9. The second-order valence-corrected chi connectivity index (χ2v) is 4.41. The Hall–Kier alpha value is -2.42. The average molecular weight is 270 g/mol. The van der Waals surface area contributed by atoms with Crippen LogP contribution in [-0.4, -0.2) is 7.11 Å². The van der Waals surface area contributed by atoms with Crippen LogP contribution in [0.3, 0.4) is 0 Å². The maximum absolute atomic E-state index is 5.78. The zero-order chi connectivity index (χ0) is 14.4. The molecule has 2 aromatic rings. The number of benzene rings is 2. The van der Waals surface area contributed by atoms with Gasteiger partial charge < -0.3 is 14.2 Å². The third kappa shape index (κ3) is 3.79. The maximum atomic E-state index is 5.78. The third-order valence-electron chi connectivity index (χ3n) is 2.69. The van der Waals surface area contributed by atoms with Gasteiger partial charge in [-0.3, -0.25) is 0 Å². The largest absolute Gasteiger partial charge is 0.501 e. The Bertz CT molecular complexity index is 588. The molecule has 0 aliphatic carbocycles. The van der Waals surface area contributed by atoms with Gasteiger partial charge in [0, 0.05) is 6.07 Å². The summed E-state index contributed by atoms with van der Waals surface area (Å²) in [5.41, 5.74) is 1.04. The highest BCUT2D eigenvalue weighted by atomic mass is 16.5. The van der Waals surface area contributed by atoms with Crippen LogP contribution < -0.4 is 9.47 Å². The van der Waals surface area contributed by atoms with Gasteiger partial charge in [0.05, 0.1) is 7.11 Å². The van der Waals surface area contributed by atoms with Crippen LogP contribution in [0.15, 0.2) is 60.6 Å². The van der Waals surface area contributed by atoms with Gasteiger partial charge in [0.1, 0.15) is 29.3 Å². The van der Waals surface area contributed by atoms with Gasteiger partial charge in [0.15, 0.2) is 0 Å². The number of para-hydroxylation sites is 1. The van der Waals surface area contributed by atoms with E-state index < -0.39 is 0 Å². The molecule has 0 aromatic heterocycles. The predicted molar refractivity (Wildman–Crippen MR) is 79.1 cm³/mol. The van der Waals surface area contributed by atoms with E-state index in [4.69, 9.17) is 14.2 Å². The quantitative estimate of drug-likeness (QED) is 0.739. The number of allylic oxidation sites excluding steroid dienone is 1. The highest BCUT2D eigenvalue weighted by Crippen LogP contribution is 2.29. The molecule has 0 heterocycles. The van der Waals surface area contributed by atoms with Crippen molar-refractivity contribution >= 4 is 0 Å². The summed E-state index contributed by atoms with van der Waals surface area (Å²) in [6, 6.07) is 15.4.